The van der Waals surface area contributed by atoms with Gasteiger partial charge in [-0.15, -0.1) is 0 Å². The lowest BCUT2D eigenvalue weighted by Crippen LogP contribution is -2.43. The topological polar surface area (TPSA) is 70.6 Å². The molecule has 1 saturated heterocycles. The van der Waals surface area contributed by atoms with E-state index in [4.69, 9.17) is 8.83 Å². The quantitative estimate of drug-likeness (QED) is 0.859. The Balaban J connectivity index is 1.52. The van der Waals surface area contributed by atoms with Crippen molar-refractivity contribution in [3.63, 3.8) is 0 Å². The third kappa shape index (κ3) is 4.39. The lowest BCUT2D eigenvalue weighted by atomic mass is 10.1. The van der Waals surface area contributed by atoms with Crippen molar-refractivity contribution in [3.05, 3.63) is 48.3 Å². The van der Waals surface area contributed by atoms with Crippen LogP contribution in [0.4, 0.5) is 4.79 Å². The standard InChI is InChI=1S/C17H23N3O3/c21-17(18-11-14-6-10-22-13-14)19-12-15(16-5-4-9-23-16)20-7-2-1-3-8-20/h4-6,9-10,13,15H,1-3,7-8,11-12H2,(H2,18,19,21). The minimum Gasteiger partial charge on any atom is -0.472 e. The number of nitrogens with one attached hydrogen (secondary N) is 2. The van der Waals surface area contributed by atoms with Gasteiger partial charge in [-0.25, -0.2) is 4.79 Å². The molecule has 6 nitrogen and oxygen atoms in total. The number of furan rings is 2. The zero-order chi connectivity index (χ0) is 15.9. The summed E-state index contributed by atoms with van der Waals surface area (Å²) >= 11 is 0. The third-order valence-electron chi connectivity index (χ3n) is 4.19. The Morgan fingerprint density at radius 2 is 2.04 bits per heavy atom. The Bertz CT molecular complexity index is 574. The van der Waals surface area contributed by atoms with Gasteiger partial charge in [-0.3, -0.25) is 4.90 Å². The molecule has 0 aromatic carbocycles. The number of carbonyl (C=O) groups excluding carboxylic acids is 1. The van der Waals surface area contributed by atoms with E-state index in [1.807, 2.05) is 18.2 Å². The summed E-state index contributed by atoms with van der Waals surface area (Å²) in [5.74, 6) is 0.905. The molecule has 124 valence electrons. The largest absolute Gasteiger partial charge is 0.472 e. The molecule has 0 bridgehead atoms. The second-order valence-corrected chi connectivity index (χ2v) is 5.82. The maximum absolute atomic E-state index is 12.0. The van der Waals surface area contributed by atoms with Crippen LogP contribution < -0.4 is 10.6 Å². The number of hydrogen-bond donors (Lipinski definition) is 2. The van der Waals surface area contributed by atoms with E-state index in [9.17, 15) is 4.79 Å². The van der Waals surface area contributed by atoms with Crippen LogP contribution >= 0.6 is 0 Å². The minimum absolute atomic E-state index is 0.0879. The van der Waals surface area contributed by atoms with Gasteiger partial charge in [-0.05, 0) is 44.1 Å². The molecule has 2 N–H and O–H groups in total. The molecule has 1 aliphatic rings. The van der Waals surface area contributed by atoms with Crippen LogP contribution in [0.3, 0.4) is 0 Å². The predicted octanol–water partition coefficient (Wildman–Crippen LogP) is 2.90. The number of nitrogens with zero attached hydrogens (tertiary/aromatic N) is 1. The van der Waals surface area contributed by atoms with Crippen LogP contribution in [-0.4, -0.2) is 30.6 Å². The molecule has 2 aromatic heterocycles. The molecule has 6 heteroatoms. The van der Waals surface area contributed by atoms with Crippen LogP contribution in [0.15, 0.2) is 45.8 Å². The van der Waals surface area contributed by atoms with Gasteiger partial charge in [0.15, 0.2) is 0 Å². The Hall–Kier alpha value is -2.21. The van der Waals surface area contributed by atoms with E-state index < -0.39 is 0 Å². The normalized spacial score (nSPS) is 16.9. The number of urea groups is 1. The SMILES string of the molecule is O=C(NCc1ccoc1)NCC(c1ccco1)N1CCCCC1. The van der Waals surface area contributed by atoms with Crippen LogP contribution in [0.1, 0.15) is 36.6 Å². The highest BCUT2D eigenvalue weighted by Gasteiger charge is 2.24. The zero-order valence-corrected chi connectivity index (χ0v) is 13.2. The maximum atomic E-state index is 12.0. The lowest BCUT2D eigenvalue weighted by molar-refractivity contribution is 0.143. The van der Waals surface area contributed by atoms with Crippen LogP contribution in [0, 0.1) is 0 Å². The molecule has 1 unspecified atom stereocenters. The van der Waals surface area contributed by atoms with Crippen LogP contribution in [0.2, 0.25) is 0 Å². The molecule has 2 aromatic rings. The Morgan fingerprint density at radius 3 is 2.74 bits per heavy atom. The van der Waals surface area contributed by atoms with Crippen LogP contribution in [0.25, 0.3) is 0 Å². The van der Waals surface area contributed by atoms with Crippen molar-refractivity contribution in [2.45, 2.75) is 31.8 Å². The molecular formula is C17H23N3O3. The molecule has 1 atom stereocenters. The molecule has 0 saturated carbocycles. The molecule has 2 amide bonds. The van der Waals surface area contributed by atoms with Gasteiger partial charge >= 0.3 is 6.03 Å². The summed E-state index contributed by atoms with van der Waals surface area (Å²) in [7, 11) is 0. The summed E-state index contributed by atoms with van der Waals surface area (Å²) in [6.45, 7) is 3.08. The van der Waals surface area contributed by atoms with Gasteiger partial charge < -0.3 is 19.5 Å². The molecule has 1 aliphatic heterocycles. The zero-order valence-electron chi connectivity index (χ0n) is 13.2. The fourth-order valence-corrected chi connectivity index (χ4v) is 2.95. The van der Waals surface area contributed by atoms with E-state index in [-0.39, 0.29) is 12.1 Å². The molecule has 23 heavy (non-hydrogen) atoms. The first-order valence-electron chi connectivity index (χ1n) is 8.13. The predicted molar refractivity (Wildman–Crippen MR) is 85.8 cm³/mol. The third-order valence-corrected chi connectivity index (χ3v) is 4.19. The van der Waals surface area contributed by atoms with E-state index in [1.165, 1.54) is 19.3 Å². The van der Waals surface area contributed by atoms with Crippen LogP contribution in [0.5, 0.6) is 0 Å². The second-order valence-electron chi connectivity index (χ2n) is 5.82. The molecule has 1 fully saturated rings. The molecule has 3 heterocycles. The number of likely N-dealkylation sites (tertiary alicyclic amines) is 1. The highest BCUT2D eigenvalue weighted by atomic mass is 16.3. The van der Waals surface area contributed by atoms with E-state index in [0.29, 0.717) is 13.1 Å². The summed E-state index contributed by atoms with van der Waals surface area (Å²) in [5.41, 5.74) is 0.943. The highest BCUT2D eigenvalue weighted by molar-refractivity contribution is 5.73. The number of amides is 2. The van der Waals surface area contributed by atoms with Crippen LogP contribution in [-0.2, 0) is 6.54 Å². The summed E-state index contributed by atoms with van der Waals surface area (Å²) in [6, 6.07) is 5.61. The van der Waals surface area contributed by atoms with Gasteiger partial charge in [0.05, 0.1) is 24.8 Å². The Kier molecular flexibility index (Phi) is 5.37. The fraction of sp³-hybridized carbons (Fsp3) is 0.471. The molecule has 0 spiro atoms. The van der Waals surface area contributed by atoms with E-state index in [0.717, 1.165) is 24.4 Å². The van der Waals surface area contributed by atoms with E-state index >= 15 is 0 Å². The molecule has 0 radical (unpaired) electrons. The van der Waals surface area contributed by atoms with Gasteiger partial charge in [-0.1, -0.05) is 6.42 Å². The molecular weight excluding hydrogens is 294 g/mol. The summed E-state index contributed by atoms with van der Waals surface area (Å²) in [5, 5.41) is 5.78. The summed E-state index contributed by atoms with van der Waals surface area (Å²) in [6.07, 6.45) is 8.58. The van der Waals surface area contributed by atoms with Crippen molar-refractivity contribution in [2.75, 3.05) is 19.6 Å². The number of rotatable bonds is 6. The van der Waals surface area contributed by atoms with Crippen molar-refractivity contribution in [1.82, 2.24) is 15.5 Å². The Morgan fingerprint density at radius 1 is 1.17 bits per heavy atom. The first-order chi connectivity index (χ1) is 11.3. The smallest absolute Gasteiger partial charge is 0.315 e. The average Bonchev–Trinajstić information content (AvgIpc) is 3.28. The van der Waals surface area contributed by atoms with Gasteiger partial charge in [0, 0.05) is 18.7 Å². The van der Waals surface area contributed by atoms with Gasteiger partial charge in [-0.2, -0.15) is 0 Å². The minimum atomic E-state index is -0.181. The lowest BCUT2D eigenvalue weighted by Gasteiger charge is -2.33. The van der Waals surface area contributed by atoms with Crippen molar-refractivity contribution >= 4 is 6.03 Å². The first-order valence-corrected chi connectivity index (χ1v) is 8.13. The van der Waals surface area contributed by atoms with Crippen molar-refractivity contribution in [1.29, 1.82) is 0 Å². The van der Waals surface area contributed by atoms with Crippen molar-refractivity contribution in [2.24, 2.45) is 0 Å². The molecule has 3 rings (SSSR count). The first kappa shape index (κ1) is 15.7. The van der Waals surface area contributed by atoms with Gasteiger partial charge in [0.1, 0.15) is 5.76 Å². The van der Waals surface area contributed by atoms with E-state index in [1.54, 1.807) is 18.8 Å². The average molecular weight is 317 g/mol. The summed E-state index contributed by atoms with van der Waals surface area (Å²) in [4.78, 5) is 14.4. The van der Waals surface area contributed by atoms with Crippen molar-refractivity contribution in [3.8, 4) is 0 Å². The van der Waals surface area contributed by atoms with Gasteiger partial charge in [0.2, 0.25) is 0 Å². The number of hydrogen-bond acceptors (Lipinski definition) is 4. The number of carbonyl (C=O) groups is 1. The van der Waals surface area contributed by atoms with Gasteiger partial charge in [0.25, 0.3) is 0 Å². The number of piperidine rings is 1. The Labute approximate surface area is 135 Å². The maximum Gasteiger partial charge on any atom is 0.315 e. The second kappa shape index (κ2) is 7.87. The monoisotopic (exact) mass is 317 g/mol. The van der Waals surface area contributed by atoms with Crippen molar-refractivity contribution < 1.29 is 13.6 Å². The van der Waals surface area contributed by atoms with E-state index in [2.05, 4.69) is 15.5 Å². The summed E-state index contributed by atoms with van der Waals surface area (Å²) < 4.78 is 10.6. The highest BCUT2D eigenvalue weighted by Crippen LogP contribution is 2.24. The molecule has 0 aliphatic carbocycles. The fourth-order valence-electron chi connectivity index (χ4n) is 2.95.